The first-order chi connectivity index (χ1) is 8.71. The fourth-order valence-electron chi connectivity index (χ4n) is 2.52. The van der Waals surface area contributed by atoms with Gasteiger partial charge in [0, 0.05) is 13.1 Å². The molecule has 0 aliphatic carbocycles. The van der Waals surface area contributed by atoms with Crippen molar-refractivity contribution in [2.45, 2.75) is 52.2 Å². The van der Waals surface area contributed by atoms with E-state index in [0.29, 0.717) is 0 Å². The Labute approximate surface area is 113 Å². The standard InChI is InChI=1S/C13H19ClN4/c1-3-11-13(14)12(18(4-2)16-11)9-17-7-5-6-10(17)8-15/h10H,3-7,9H2,1-2H3. The number of nitriles is 1. The van der Waals surface area contributed by atoms with Crippen LogP contribution in [0, 0.1) is 11.3 Å². The van der Waals surface area contributed by atoms with E-state index in [4.69, 9.17) is 16.9 Å². The summed E-state index contributed by atoms with van der Waals surface area (Å²) in [5, 5.41) is 14.4. The van der Waals surface area contributed by atoms with E-state index in [9.17, 15) is 0 Å². The van der Waals surface area contributed by atoms with Gasteiger partial charge in [-0.1, -0.05) is 18.5 Å². The predicted octanol–water partition coefficient (Wildman–Crippen LogP) is 2.61. The van der Waals surface area contributed by atoms with Crippen LogP contribution >= 0.6 is 11.6 Å². The predicted molar refractivity (Wildman–Crippen MR) is 71.3 cm³/mol. The Balaban J connectivity index is 2.23. The molecule has 0 bridgehead atoms. The summed E-state index contributed by atoms with van der Waals surface area (Å²) in [4.78, 5) is 2.20. The van der Waals surface area contributed by atoms with Gasteiger partial charge in [-0.3, -0.25) is 9.58 Å². The molecule has 5 heteroatoms. The molecule has 98 valence electrons. The summed E-state index contributed by atoms with van der Waals surface area (Å²) < 4.78 is 1.97. The molecule has 18 heavy (non-hydrogen) atoms. The molecule has 1 aromatic rings. The van der Waals surface area contributed by atoms with E-state index in [1.807, 2.05) is 4.68 Å². The number of hydrogen-bond acceptors (Lipinski definition) is 3. The van der Waals surface area contributed by atoms with Crippen LogP contribution in [0.1, 0.15) is 38.1 Å². The van der Waals surface area contributed by atoms with Crippen LogP contribution in [0.3, 0.4) is 0 Å². The van der Waals surface area contributed by atoms with Crippen molar-refractivity contribution >= 4 is 11.6 Å². The average molecular weight is 267 g/mol. The molecule has 1 unspecified atom stereocenters. The number of halogens is 1. The number of aromatic nitrogens is 2. The molecule has 0 aromatic carbocycles. The van der Waals surface area contributed by atoms with E-state index in [1.165, 1.54) is 0 Å². The SMILES string of the molecule is CCc1nn(CC)c(CN2CCCC2C#N)c1Cl. The van der Waals surface area contributed by atoms with Gasteiger partial charge in [0.1, 0.15) is 0 Å². The van der Waals surface area contributed by atoms with Gasteiger partial charge < -0.3 is 0 Å². The third-order valence-corrected chi connectivity index (χ3v) is 4.00. The highest BCUT2D eigenvalue weighted by Crippen LogP contribution is 2.26. The van der Waals surface area contributed by atoms with Gasteiger partial charge in [0.05, 0.1) is 28.5 Å². The first kappa shape index (κ1) is 13.4. The highest BCUT2D eigenvalue weighted by molar-refractivity contribution is 6.31. The molecule has 1 saturated heterocycles. The zero-order valence-corrected chi connectivity index (χ0v) is 11.7. The molecule has 0 radical (unpaired) electrons. The van der Waals surface area contributed by atoms with Crippen LogP contribution in [0.5, 0.6) is 0 Å². The number of nitrogens with zero attached hydrogens (tertiary/aromatic N) is 4. The molecule has 2 rings (SSSR count). The van der Waals surface area contributed by atoms with E-state index >= 15 is 0 Å². The molecule has 0 spiro atoms. The summed E-state index contributed by atoms with van der Waals surface area (Å²) in [5.41, 5.74) is 2.01. The number of hydrogen-bond donors (Lipinski definition) is 0. The van der Waals surface area contributed by atoms with Gasteiger partial charge in [-0.05, 0) is 32.7 Å². The van der Waals surface area contributed by atoms with Crippen molar-refractivity contribution in [3.63, 3.8) is 0 Å². The lowest BCUT2D eigenvalue weighted by atomic mass is 10.2. The molecule has 1 aliphatic rings. The normalized spacial score (nSPS) is 20.2. The van der Waals surface area contributed by atoms with Crippen molar-refractivity contribution in [2.75, 3.05) is 6.54 Å². The fourth-order valence-corrected chi connectivity index (χ4v) is 2.85. The lowest BCUT2D eigenvalue weighted by Gasteiger charge is -2.19. The first-order valence-corrected chi connectivity index (χ1v) is 6.96. The molecule has 0 N–H and O–H groups in total. The maximum absolute atomic E-state index is 9.11. The molecule has 2 heterocycles. The molecule has 4 nitrogen and oxygen atoms in total. The van der Waals surface area contributed by atoms with Gasteiger partial charge in [0.15, 0.2) is 0 Å². The highest BCUT2D eigenvalue weighted by atomic mass is 35.5. The summed E-state index contributed by atoms with van der Waals surface area (Å²) >= 11 is 6.38. The van der Waals surface area contributed by atoms with Gasteiger partial charge in [-0.15, -0.1) is 0 Å². The minimum atomic E-state index is 0.0337. The zero-order chi connectivity index (χ0) is 13.1. The van der Waals surface area contributed by atoms with Crippen LogP contribution in [0.4, 0.5) is 0 Å². The quantitative estimate of drug-likeness (QED) is 0.842. The second kappa shape index (κ2) is 5.73. The van der Waals surface area contributed by atoms with Crippen molar-refractivity contribution in [3.8, 4) is 6.07 Å². The summed E-state index contributed by atoms with van der Waals surface area (Å²) in [6.45, 7) is 6.66. The minimum absolute atomic E-state index is 0.0337. The highest BCUT2D eigenvalue weighted by Gasteiger charge is 2.26. The Bertz CT molecular complexity index is 460. The molecule has 1 atom stereocenters. The lowest BCUT2D eigenvalue weighted by Crippen LogP contribution is -2.28. The monoisotopic (exact) mass is 266 g/mol. The number of likely N-dealkylation sites (tertiary alicyclic amines) is 1. The van der Waals surface area contributed by atoms with E-state index in [0.717, 1.165) is 55.3 Å². The number of rotatable bonds is 4. The van der Waals surface area contributed by atoms with Gasteiger partial charge in [-0.25, -0.2) is 0 Å². The van der Waals surface area contributed by atoms with Gasteiger partial charge in [-0.2, -0.15) is 10.4 Å². The fraction of sp³-hybridized carbons (Fsp3) is 0.692. The molecular formula is C13H19ClN4. The van der Waals surface area contributed by atoms with Crippen LogP contribution < -0.4 is 0 Å². The maximum atomic E-state index is 9.11. The summed E-state index contributed by atoms with van der Waals surface area (Å²) in [6.07, 6.45) is 2.91. The molecule has 1 fully saturated rings. The Kier molecular flexibility index (Phi) is 4.26. The van der Waals surface area contributed by atoms with Crippen LogP contribution in [-0.4, -0.2) is 27.3 Å². The molecular weight excluding hydrogens is 248 g/mol. The van der Waals surface area contributed by atoms with Gasteiger partial charge in [0.25, 0.3) is 0 Å². The Morgan fingerprint density at radius 2 is 2.28 bits per heavy atom. The van der Waals surface area contributed by atoms with Crippen LogP contribution in [0.25, 0.3) is 0 Å². The van der Waals surface area contributed by atoms with Crippen LogP contribution in [-0.2, 0) is 19.5 Å². The second-order valence-electron chi connectivity index (χ2n) is 4.63. The Hall–Kier alpha value is -1.05. The average Bonchev–Trinajstić information content (AvgIpc) is 2.95. The van der Waals surface area contributed by atoms with Crippen molar-refractivity contribution in [1.29, 1.82) is 5.26 Å². The largest absolute Gasteiger partial charge is 0.282 e. The van der Waals surface area contributed by atoms with Crippen LogP contribution in [0.2, 0.25) is 5.02 Å². The molecule has 1 aliphatic heterocycles. The summed E-state index contributed by atoms with van der Waals surface area (Å²) in [5.74, 6) is 0. The van der Waals surface area contributed by atoms with E-state index in [2.05, 4.69) is 29.9 Å². The van der Waals surface area contributed by atoms with Crippen molar-refractivity contribution < 1.29 is 0 Å². The van der Waals surface area contributed by atoms with Crippen LogP contribution in [0.15, 0.2) is 0 Å². The van der Waals surface area contributed by atoms with Crippen molar-refractivity contribution in [1.82, 2.24) is 14.7 Å². The third kappa shape index (κ3) is 2.38. The molecule has 0 saturated carbocycles. The second-order valence-corrected chi connectivity index (χ2v) is 5.01. The van der Waals surface area contributed by atoms with E-state index in [1.54, 1.807) is 0 Å². The third-order valence-electron chi connectivity index (χ3n) is 3.56. The van der Waals surface area contributed by atoms with Gasteiger partial charge in [0.2, 0.25) is 0 Å². The van der Waals surface area contributed by atoms with Gasteiger partial charge >= 0.3 is 0 Å². The minimum Gasteiger partial charge on any atom is -0.282 e. The Morgan fingerprint density at radius 3 is 2.89 bits per heavy atom. The Morgan fingerprint density at radius 1 is 1.50 bits per heavy atom. The van der Waals surface area contributed by atoms with E-state index < -0.39 is 0 Å². The first-order valence-electron chi connectivity index (χ1n) is 6.58. The van der Waals surface area contributed by atoms with E-state index in [-0.39, 0.29) is 6.04 Å². The summed E-state index contributed by atoms with van der Waals surface area (Å²) in [7, 11) is 0. The maximum Gasteiger partial charge on any atom is 0.0981 e. The van der Waals surface area contributed by atoms with Crippen molar-refractivity contribution in [3.05, 3.63) is 16.4 Å². The smallest absolute Gasteiger partial charge is 0.0981 e. The van der Waals surface area contributed by atoms with Crippen molar-refractivity contribution in [2.24, 2.45) is 0 Å². The topological polar surface area (TPSA) is 44.9 Å². The molecule has 1 aromatic heterocycles. The lowest BCUT2D eigenvalue weighted by molar-refractivity contribution is 0.277. The molecule has 0 amide bonds. The zero-order valence-electron chi connectivity index (χ0n) is 11.0. The summed E-state index contributed by atoms with van der Waals surface area (Å²) in [6, 6.07) is 2.40. The number of aryl methyl sites for hydroxylation is 2.